The molecule has 2 atom stereocenters. The summed E-state index contributed by atoms with van der Waals surface area (Å²) in [6.45, 7) is 1.04. The fraction of sp³-hybridized carbons (Fsp3) is 0.467. The summed E-state index contributed by atoms with van der Waals surface area (Å²) in [5.41, 5.74) is 0.320. The fourth-order valence-corrected chi connectivity index (χ4v) is 2.82. The molecule has 1 saturated heterocycles. The maximum Gasteiger partial charge on any atom is 0.326 e. The molecule has 7 heteroatoms. The number of carboxylic acids is 1. The Balaban J connectivity index is 1.92. The van der Waals surface area contributed by atoms with Crippen molar-refractivity contribution >= 4 is 11.9 Å². The van der Waals surface area contributed by atoms with Crippen LogP contribution in [0, 0.1) is 0 Å². The average Bonchev–Trinajstić information content (AvgIpc) is 2.98. The second-order valence-electron chi connectivity index (χ2n) is 5.23. The number of para-hydroxylation sites is 1. The van der Waals surface area contributed by atoms with Crippen molar-refractivity contribution in [1.29, 1.82) is 0 Å². The summed E-state index contributed by atoms with van der Waals surface area (Å²) in [6, 6.07) is 4.15. The van der Waals surface area contributed by atoms with Crippen LogP contribution in [0.1, 0.15) is 16.8 Å². The van der Waals surface area contributed by atoms with Gasteiger partial charge in [-0.1, -0.05) is 6.07 Å². The molecule has 0 aromatic heterocycles. The summed E-state index contributed by atoms with van der Waals surface area (Å²) < 4.78 is 16.2. The van der Waals surface area contributed by atoms with Gasteiger partial charge in [0.2, 0.25) is 0 Å². The van der Waals surface area contributed by atoms with Crippen LogP contribution >= 0.6 is 0 Å². The second-order valence-corrected chi connectivity index (χ2v) is 5.23. The molecule has 1 aromatic carbocycles. The van der Waals surface area contributed by atoms with E-state index in [1.54, 1.807) is 18.2 Å². The second kappa shape index (κ2) is 5.84. The summed E-state index contributed by atoms with van der Waals surface area (Å²) >= 11 is 0. The maximum absolute atomic E-state index is 12.8. The third-order valence-corrected chi connectivity index (χ3v) is 3.94. The lowest BCUT2D eigenvalue weighted by molar-refractivity contribution is -0.141. The highest BCUT2D eigenvalue weighted by molar-refractivity contribution is 6.00. The first-order valence-corrected chi connectivity index (χ1v) is 7.07. The lowest BCUT2D eigenvalue weighted by atomic mass is 10.1. The number of carbonyl (C=O) groups is 2. The predicted molar refractivity (Wildman–Crippen MR) is 75.3 cm³/mol. The van der Waals surface area contributed by atoms with E-state index in [9.17, 15) is 14.7 Å². The number of hydrogen-bond donors (Lipinski definition) is 1. The van der Waals surface area contributed by atoms with E-state index in [0.717, 1.165) is 0 Å². The molecule has 1 fully saturated rings. The Labute approximate surface area is 127 Å². The normalized spacial score (nSPS) is 23.4. The van der Waals surface area contributed by atoms with Gasteiger partial charge in [-0.2, -0.15) is 0 Å². The minimum atomic E-state index is -1.03. The molecule has 3 rings (SSSR count). The molecule has 118 valence electrons. The molecule has 7 nitrogen and oxygen atoms in total. The quantitative estimate of drug-likeness (QED) is 0.888. The summed E-state index contributed by atoms with van der Waals surface area (Å²) in [5, 5.41) is 9.33. The third kappa shape index (κ3) is 2.48. The SMILES string of the molecule is COC1CC(C(=O)O)N(C(=O)c2cccc3c2OCCO3)C1. The molecule has 22 heavy (non-hydrogen) atoms. The summed E-state index contributed by atoms with van der Waals surface area (Å²) in [5.74, 6) is -0.528. The van der Waals surface area contributed by atoms with Crippen molar-refractivity contribution in [2.24, 2.45) is 0 Å². The van der Waals surface area contributed by atoms with Crippen LogP contribution in [-0.2, 0) is 9.53 Å². The van der Waals surface area contributed by atoms with Gasteiger partial charge in [0, 0.05) is 20.1 Å². The Hall–Kier alpha value is -2.28. The Kier molecular flexibility index (Phi) is 3.89. The van der Waals surface area contributed by atoms with E-state index in [-0.39, 0.29) is 25.0 Å². The van der Waals surface area contributed by atoms with Crippen LogP contribution < -0.4 is 9.47 Å². The van der Waals surface area contributed by atoms with E-state index < -0.39 is 12.0 Å². The highest BCUT2D eigenvalue weighted by Gasteiger charge is 2.41. The van der Waals surface area contributed by atoms with Gasteiger partial charge in [-0.05, 0) is 12.1 Å². The molecule has 1 N–H and O–H groups in total. The first-order chi connectivity index (χ1) is 10.6. The number of hydrogen-bond acceptors (Lipinski definition) is 5. The van der Waals surface area contributed by atoms with Gasteiger partial charge in [-0.3, -0.25) is 4.79 Å². The molecule has 0 radical (unpaired) electrons. The van der Waals surface area contributed by atoms with Crippen molar-refractivity contribution < 1.29 is 28.9 Å². The number of likely N-dealkylation sites (tertiary alicyclic amines) is 1. The Bertz CT molecular complexity index is 602. The number of carbonyl (C=O) groups excluding carboxylic acids is 1. The van der Waals surface area contributed by atoms with Crippen molar-refractivity contribution in [2.45, 2.75) is 18.6 Å². The number of fused-ring (bicyclic) bond motifs is 1. The Morgan fingerprint density at radius 1 is 1.32 bits per heavy atom. The largest absolute Gasteiger partial charge is 0.486 e. The highest BCUT2D eigenvalue weighted by atomic mass is 16.6. The van der Waals surface area contributed by atoms with Gasteiger partial charge in [0.1, 0.15) is 19.3 Å². The van der Waals surface area contributed by atoms with E-state index in [0.29, 0.717) is 30.3 Å². The Morgan fingerprint density at radius 2 is 2.09 bits per heavy atom. The van der Waals surface area contributed by atoms with Crippen molar-refractivity contribution in [3.8, 4) is 11.5 Å². The summed E-state index contributed by atoms with van der Waals surface area (Å²) in [7, 11) is 1.51. The number of nitrogens with zero attached hydrogens (tertiary/aromatic N) is 1. The first kappa shape index (κ1) is 14.6. The van der Waals surface area contributed by atoms with Gasteiger partial charge in [-0.25, -0.2) is 4.79 Å². The Morgan fingerprint density at radius 3 is 2.82 bits per heavy atom. The molecule has 2 unspecified atom stereocenters. The number of rotatable bonds is 3. The minimum Gasteiger partial charge on any atom is -0.486 e. The third-order valence-electron chi connectivity index (χ3n) is 3.94. The van der Waals surface area contributed by atoms with Gasteiger partial charge in [0.05, 0.1) is 11.7 Å². The monoisotopic (exact) mass is 307 g/mol. The van der Waals surface area contributed by atoms with E-state index >= 15 is 0 Å². The highest BCUT2D eigenvalue weighted by Crippen LogP contribution is 2.35. The molecule has 1 amide bonds. The van der Waals surface area contributed by atoms with E-state index in [4.69, 9.17) is 14.2 Å². The van der Waals surface area contributed by atoms with Crippen molar-refractivity contribution in [1.82, 2.24) is 4.90 Å². The van der Waals surface area contributed by atoms with Crippen LogP contribution in [0.5, 0.6) is 11.5 Å². The fourth-order valence-electron chi connectivity index (χ4n) is 2.82. The summed E-state index contributed by atoms with van der Waals surface area (Å²) in [4.78, 5) is 25.5. The zero-order chi connectivity index (χ0) is 15.7. The maximum atomic E-state index is 12.8. The number of methoxy groups -OCH3 is 1. The number of amides is 1. The molecule has 0 spiro atoms. The van der Waals surface area contributed by atoms with Gasteiger partial charge in [-0.15, -0.1) is 0 Å². The van der Waals surface area contributed by atoms with Crippen LogP contribution in [-0.4, -0.2) is 60.9 Å². The number of carboxylic acid groups (broad SMARTS) is 1. The lowest BCUT2D eigenvalue weighted by Gasteiger charge is -2.25. The zero-order valence-corrected chi connectivity index (χ0v) is 12.2. The van der Waals surface area contributed by atoms with Crippen LogP contribution in [0.4, 0.5) is 0 Å². The minimum absolute atomic E-state index is 0.247. The van der Waals surface area contributed by atoms with Crippen molar-refractivity contribution in [2.75, 3.05) is 26.9 Å². The number of aliphatic carboxylic acids is 1. The van der Waals surface area contributed by atoms with Gasteiger partial charge in [0.15, 0.2) is 11.5 Å². The zero-order valence-electron chi connectivity index (χ0n) is 12.2. The molecular weight excluding hydrogens is 290 g/mol. The van der Waals surface area contributed by atoms with Crippen molar-refractivity contribution in [3.63, 3.8) is 0 Å². The van der Waals surface area contributed by atoms with Crippen LogP contribution in [0.15, 0.2) is 18.2 Å². The molecule has 0 saturated carbocycles. The number of ether oxygens (including phenoxy) is 3. The van der Waals surface area contributed by atoms with E-state index in [2.05, 4.69) is 0 Å². The molecule has 2 heterocycles. The van der Waals surface area contributed by atoms with Crippen LogP contribution in [0.2, 0.25) is 0 Å². The molecule has 0 aliphatic carbocycles. The van der Waals surface area contributed by atoms with E-state index in [1.165, 1.54) is 12.0 Å². The van der Waals surface area contributed by atoms with Crippen molar-refractivity contribution in [3.05, 3.63) is 23.8 Å². The van der Waals surface area contributed by atoms with Crippen LogP contribution in [0.3, 0.4) is 0 Å². The standard InChI is InChI=1S/C15H17NO6/c1-20-9-7-11(15(18)19)16(8-9)14(17)10-3-2-4-12-13(10)22-6-5-21-12/h2-4,9,11H,5-8H2,1H3,(H,18,19). The van der Waals surface area contributed by atoms with Crippen LogP contribution in [0.25, 0.3) is 0 Å². The summed E-state index contributed by atoms with van der Waals surface area (Å²) in [6.07, 6.45) is 0.00555. The molecule has 2 aliphatic rings. The topological polar surface area (TPSA) is 85.3 Å². The molecule has 2 aliphatic heterocycles. The van der Waals surface area contributed by atoms with Gasteiger partial charge < -0.3 is 24.2 Å². The smallest absolute Gasteiger partial charge is 0.326 e. The van der Waals surface area contributed by atoms with Gasteiger partial charge >= 0.3 is 5.97 Å². The lowest BCUT2D eigenvalue weighted by Crippen LogP contribution is -2.41. The predicted octanol–water partition coefficient (Wildman–Crippen LogP) is 0.772. The van der Waals surface area contributed by atoms with E-state index in [1.807, 2.05) is 0 Å². The molecular formula is C15H17NO6. The van der Waals surface area contributed by atoms with Gasteiger partial charge in [0.25, 0.3) is 5.91 Å². The average molecular weight is 307 g/mol. The molecule has 1 aromatic rings. The first-order valence-electron chi connectivity index (χ1n) is 7.07. The molecule has 0 bridgehead atoms. The number of benzene rings is 1.